The molecule has 4 rings (SSSR count). The van der Waals surface area contributed by atoms with Crippen LogP contribution >= 0.6 is 12.6 Å². The van der Waals surface area contributed by atoms with Crippen LogP contribution in [0.2, 0.25) is 0 Å². The summed E-state index contributed by atoms with van der Waals surface area (Å²) >= 11 is 4.19. The number of ketones is 2. The molecule has 0 bridgehead atoms. The molecule has 4 nitrogen and oxygen atoms in total. The number of fused-ring (bicyclic) bond motifs is 5. The Labute approximate surface area is 160 Å². The summed E-state index contributed by atoms with van der Waals surface area (Å²) < 4.78 is 0. The van der Waals surface area contributed by atoms with Crippen LogP contribution in [0.3, 0.4) is 0 Å². The molecule has 5 heteroatoms. The summed E-state index contributed by atoms with van der Waals surface area (Å²) in [5.41, 5.74) is 0.123. The lowest BCUT2D eigenvalue weighted by Crippen LogP contribution is -2.56. The largest absolute Gasteiger partial charge is 0.381 e. The highest BCUT2D eigenvalue weighted by molar-refractivity contribution is 7.96. The van der Waals surface area contributed by atoms with E-state index in [1.807, 2.05) is 6.92 Å². The molecule has 4 aliphatic carbocycles. The molecule has 3 unspecified atom stereocenters. The maximum Gasteiger partial charge on any atom is 0.231 e. The van der Waals surface area contributed by atoms with Crippen molar-refractivity contribution in [3.05, 3.63) is 11.6 Å². The number of hydrogen-bond acceptors (Lipinski definition) is 4. The van der Waals surface area contributed by atoms with Gasteiger partial charge in [0.15, 0.2) is 5.12 Å². The lowest BCUT2D eigenvalue weighted by Gasteiger charge is -2.57. The van der Waals surface area contributed by atoms with Crippen LogP contribution in [0, 0.1) is 40.4 Å². The number of Topliss-reactive ketones (excluding diaryl/α,β-unsaturated/α-hetero) is 2. The minimum atomic E-state index is -1.27. The summed E-state index contributed by atoms with van der Waals surface area (Å²) in [6.07, 6.45) is 4.83. The van der Waals surface area contributed by atoms with Gasteiger partial charge in [0.05, 0.1) is 5.41 Å². The Hall–Kier alpha value is -0.940. The maximum absolute atomic E-state index is 12.9. The first-order valence-corrected chi connectivity index (χ1v) is 10.3. The number of hydrogen-bond donors (Lipinski definition) is 2. The maximum atomic E-state index is 12.9. The fourth-order valence-corrected chi connectivity index (χ4v) is 7.89. The van der Waals surface area contributed by atoms with E-state index in [4.69, 9.17) is 0 Å². The minimum absolute atomic E-state index is 0.00408. The number of carbonyl (C=O) groups excluding carboxylic acids is 3. The van der Waals surface area contributed by atoms with Gasteiger partial charge in [-0.05, 0) is 74.2 Å². The number of thiol groups is 1. The molecule has 0 aromatic heterocycles. The molecule has 8 atom stereocenters. The highest BCUT2D eigenvalue weighted by atomic mass is 32.1. The van der Waals surface area contributed by atoms with Crippen molar-refractivity contribution in [3.63, 3.8) is 0 Å². The highest BCUT2D eigenvalue weighted by Gasteiger charge is 2.64. The van der Waals surface area contributed by atoms with E-state index in [-0.39, 0.29) is 22.4 Å². The summed E-state index contributed by atoms with van der Waals surface area (Å²) in [4.78, 5) is 37.4. The summed E-state index contributed by atoms with van der Waals surface area (Å²) in [5, 5.41) is 9.92. The predicted molar refractivity (Wildman–Crippen MR) is 101 cm³/mol. The fraction of sp³-hybridized carbons (Fsp3) is 0.762. The lowest BCUT2D eigenvalue weighted by atomic mass is 9.46. The van der Waals surface area contributed by atoms with Crippen LogP contribution in [0.4, 0.5) is 0 Å². The molecule has 3 saturated carbocycles. The second kappa shape index (κ2) is 5.78. The lowest BCUT2D eigenvalue weighted by molar-refractivity contribution is -0.152. The molecule has 0 spiro atoms. The van der Waals surface area contributed by atoms with Gasteiger partial charge in [0, 0.05) is 5.92 Å². The molecule has 0 amide bonds. The Kier molecular flexibility index (Phi) is 4.09. The summed E-state index contributed by atoms with van der Waals surface area (Å²) in [7, 11) is 0. The number of aliphatic hydroxyl groups excluding tert-OH is 1. The summed E-state index contributed by atoms with van der Waals surface area (Å²) in [6.45, 7) is 6.31. The molecule has 0 aromatic carbocycles. The molecule has 0 aromatic rings. The third kappa shape index (κ3) is 2.16. The number of carbonyl (C=O) groups is 3. The van der Waals surface area contributed by atoms with Gasteiger partial charge in [-0.3, -0.25) is 14.4 Å². The normalized spacial score (nSPS) is 50.6. The average Bonchev–Trinajstić information content (AvgIpc) is 2.85. The van der Waals surface area contributed by atoms with Gasteiger partial charge < -0.3 is 5.11 Å². The Bertz CT molecular complexity index is 728. The van der Waals surface area contributed by atoms with E-state index < -0.39 is 23.1 Å². The van der Waals surface area contributed by atoms with Crippen molar-refractivity contribution < 1.29 is 19.5 Å². The smallest absolute Gasteiger partial charge is 0.231 e. The van der Waals surface area contributed by atoms with E-state index in [1.54, 1.807) is 6.08 Å². The first kappa shape index (κ1) is 18.4. The Morgan fingerprint density at radius 1 is 1.23 bits per heavy atom. The van der Waals surface area contributed by atoms with Crippen molar-refractivity contribution in [1.29, 1.82) is 0 Å². The van der Waals surface area contributed by atoms with Gasteiger partial charge in [0.1, 0.15) is 6.10 Å². The Morgan fingerprint density at radius 2 is 1.92 bits per heavy atom. The van der Waals surface area contributed by atoms with Crippen LogP contribution in [0.25, 0.3) is 0 Å². The Morgan fingerprint density at radius 3 is 2.58 bits per heavy atom. The van der Waals surface area contributed by atoms with E-state index in [2.05, 4.69) is 26.5 Å². The second-order valence-electron chi connectivity index (χ2n) is 9.52. The van der Waals surface area contributed by atoms with Gasteiger partial charge in [0.2, 0.25) is 11.6 Å². The SMILES string of the molecule is CC1C[C@H]2[C@@H]3CCC4=CC(O)C(=O)C(=O)[C@]4(C)[C@H]3CC[C@]2(C)C1C(=O)S. The van der Waals surface area contributed by atoms with Crippen molar-refractivity contribution >= 4 is 29.3 Å². The van der Waals surface area contributed by atoms with Crippen LogP contribution in [-0.2, 0) is 14.4 Å². The van der Waals surface area contributed by atoms with Crippen molar-refractivity contribution in [2.45, 2.75) is 59.0 Å². The molecule has 142 valence electrons. The van der Waals surface area contributed by atoms with Crippen LogP contribution in [-0.4, -0.2) is 27.9 Å². The zero-order valence-corrected chi connectivity index (χ0v) is 16.6. The number of rotatable bonds is 1. The van der Waals surface area contributed by atoms with Crippen LogP contribution < -0.4 is 0 Å². The zero-order valence-electron chi connectivity index (χ0n) is 15.7. The standard InChI is InChI=1S/C21H28O4S/c1-10-8-14-12-5-4-11-9-15(22)17(23)18(24)21(11,3)13(12)6-7-20(14,2)16(10)19(25)26/h9-10,12-16,22H,4-8H2,1-3H3,(H,25,26)/t10?,12-,13+,14+,15?,16?,20+,21+/m1/s1. The van der Waals surface area contributed by atoms with Gasteiger partial charge in [0.25, 0.3) is 0 Å². The first-order chi connectivity index (χ1) is 12.1. The monoisotopic (exact) mass is 376 g/mol. The molecule has 0 heterocycles. The van der Waals surface area contributed by atoms with E-state index >= 15 is 0 Å². The molecule has 1 N–H and O–H groups in total. The van der Waals surface area contributed by atoms with E-state index in [1.165, 1.54) is 0 Å². The fourth-order valence-electron chi connectivity index (χ4n) is 7.34. The van der Waals surface area contributed by atoms with Crippen molar-refractivity contribution in [2.75, 3.05) is 0 Å². The number of aliphatic hydroxyl groups is 1. The van der Waals surface area contributed by atoms with Crippen LogP contribution in [0.15, 0.2) is 11.6 Å². The topological polar surface area (TPSA) is 71.4 Å². The van der Waals surface area contributed by atoms with E-state index in [0.29, 0.717) is 17.8 Å². The summed E-state index contributed by atoms with van der Waals surface area (Å²) in [6, 6.07) is 0. The first-order valence-electron chi connectivity index (χ1n) is 9.83. The molecule has 0 radical (unpaired) electrons. The third-order valence-electron chi connectivity index (χ3n) is 8.52. The molecule has 0 saturated heterocycles. The molecule has 0 aliphatic heterocycles. The second-order valence-corrected chi connectivity index (χ2v) is 9.96. The van der Waals surface area contributed by atoms with Crippen molar-refractivity contribution in [1.82, 2.24) is 0 Å². The minimum Gasteiger partial charge on any atom is -0.381 e. The van der Waals surface area contributed by atoms with E-state index in [9.17, 15) is 19.5 Å². The van der Waals surface area contributed by atoms with Gasteiger partial charge in [-0.2, -0.15) is 0 Å². The van der Waals surface area contributed by atoms with Gasteiger partial charge in [-0.1, -0.05) is 19.4 Å². The average molecular weight is 377 g/mol. The third-order valence-corrected chi connectivity index (χ3v) is 8.80. The van der Waals surface area contributed by atoms with Crippen molar-refractivity contribution in [3.8, 4) is 0 Å². The predicted octanol–water partition coefficient (Wildman–Crippen LogP) is 2.99. The Balaban J connectivity index is 1.74. The summed E-state index contributed by atoms with van der Waals surface area (Å²) in [5.74, 6) is 0.0946. The van der Waals surface area contributed by atoms with Gasteiger partial charge in [-0.15, -0.1) is 12.6 Å². The highest BCUT2D eigenvalue weighted by Crippen LogP contribution is 2.67. The van der Waals surface area contributed by atoms with Crippen LogP contribution in [0.5, 0.6) is 0 Å². The van der Waals surface area contributed by atoms with Gasteiger partial charge in [-0.25, -0.2) is 0 Å². The molecular weight excluding hydrogens is 348 g/mol. The molecule has 4 aliphatic rings. The van der Waals surface area contributed by atoms with Crippen LogP contribution in [0.1, 0.15) is 52.9 Å². The van der Waals surface area contributed by atoms with Gasteiger partial charge >= 0.3 is 0 Å². The zero-order chi connectivity index (χ0) is 19.0. The molecule has 26 heavy (non-hydrogen) atoms. The quantitative estimate of drug-likeness (QED) is 0.419. The van der Waals surface area contributed by atoms with E-state index in [0.717, 1.165) is 37.7 Å². The number of allylic oxidation sites excluding steroid dienone is 1. The molecular formula is C21H28O4S. The van der Waals surface area contributed by atoms with Crippen molar-refractivity contribution in [2.24, 2.45) is 40.4 Å². The molecule has 3 fully saturated rings.